The molecule has 1 N–H and O–H groups in total. The summed E-state index contributed by atoms with van der Waals surface area (Å²) >= 11 is 0. The zero-order valence-electron chi connectivity index (χ0n) is 11.2. The van der Waals surface area contributed by atoms with E-state index in [0.29, 0.717) is 17.2 Å². The molecule has 2 aromatic rings. The molecule has 20 heavy (non-hydrogen) atoms. The largest absolute Gasteiger partial charge is 0.497 e. The van der Waals surface area contributed by atoms with E-state index in [-0.39, 0.29) is 0 Å². The SMILES string of the molecule is COc1ccc(OP(C)(=O)Nc2cccc(F)c2)cc1. The van der Waals surface area contributed by atoms with Crippen LogP contribution in [0.5, 0.6) is 11.5 Å². The molecule has 0 aliphatic heterocycles. The molecule has 2 aromatic carbocycles. The van der Waals surface area contributed by atoms with Crippen LogP contribution in [0.2, 0.25) is 0 Å². The van der Waals surface area contributed by atoms with Crippen molar-refractivity contribution >= 4 is 13.2 Å². The average molecular weight is 295 g/mol. The van der Waals surface area contributed by atoms with Crippen molar-refractivity contribution in [3.8, 4) is 11.5 Å². The molecule has 0 bridgehead atoms. The normalized spacial score (nSPS) is 13.3. The van der Waals surface area contributed by atoms with E-state index >= 15 is 0 Å². The summed E-state index contributed by atoms with van der Waals surface area (Å²) in [4.78, 5) is 0. The second-order valence-corrected chi connectivity index (χ2v) is 6.33. The van der Waals surface area contributed by atoms with E-state index in [4.69, 9.17) is 9.26 Å². The summed E-state index contributed by atoms with van der Waals surface area (Å²) in [6, 6.07) is 12.4. The van der Waals surface area contributed by atoms with E-state index in [1.807, 2.05) is 0 Å². The molecule has 0 aliphatic rings. The van der Waals surface area contributed by atoms with Crippen LogP contribution in [0.3, 0.4) is 0 Å². The van der Waals surface area contributed by atoms with Crippen LogP contribution in [0, 0.1) is 5.82 Å². The second-order valence-electron chi connectivity index (χ2n) is 4.23. The fourth-order valence-corrected chi connectivity index (χ4v) is 2.83. The van der Waals surface area contributed by atoms with Gasteiger partial charge in [-0.15, -0.1) is 0 Å². The maximum Gasteiger partial charge on any atom is 0.338 e. The van der Waals surface area contributed by atoms with Crippen molar-refractivity contribution in [1.29, 1.82) is 0 Å². The summed E-state index contributed by atoms with van der Waals surface area (Å²) in [7, 11) is -1.58. The summed E-state index contributed by atoms with van der Waals surface area (Å²) in [5, 5.41) is 2.70. The number of halogens is 1. The third kappa shape index (κ3) is 4.00. The van der Waals surface area contributed by atoms with Gasteiger partial charge in [0.2, 0.25) is 0 Å². The molecule has 0 saturated carbocycles. The van der Waals surface area contributed by atoms with Gasteiger partial charge < -0.3 is 14.3 Å². The molecule has 0 saturated heterocycles. The van der Waals surface area contributed by atoms with Gasteiger partial charge in [0.25, 0.3) is 0 Å². The van der Waals surface area contributed by atoms with Crippen molar-refractivity contribution in [2.75, 3.05) is 18.9 Å². The Labute approximate surface area is 117 Å². The molecule has 0 radical (unpaired) electrons. The third-order valence-corrected chi connectivity index (χ3v) is 3.72. The van der Waals surface area contributed by atoms with Crippen molar-refractivity contribution in [2.24, 2.45) is 0 Å². The Hall–Kier alpha value is -2.00. The minimum atomic E-state index is -3.14. The fraction of sp³-hybridized carbons (Fsp3) is 0.143. The van der Waals surface area contributed by atoms with E-state index in [9.17, 15) is 8.96 Å². The third-order valence-electron chi connectivity index (χ3n) is 2.50. The molecule has 0 amide bonds. The quantitative estimate of drug-likeness (QED) is 0.842. The van der Waals surface area contributed by atoms with Gasteiger partial charge in [0, 0.05) is 12.4 Å². The highest BCUT2D eigenvalue weighted by molar-refractivity contribution is 7.60. The molecule has 0 aliphatic carbocycles. The Morgan fingerprint density at radius 2 is 1.75 bits per heavy atom. The van der Waals surface area contributed by atoms with Crippen LogP contribution < -0.4 is 14.3 Å². The van der Waals surface area contributed by atoms with Crippen LogP contribution >= 0.6 is 7.52 Å². The Balaban J connectivity index is 2.08. The smallest absolute Gasteiger partial charge is 0.338 e. The van der Waals surface area contributed by atoms with E-state index in [1.165, 1.54) is 24.9 Å². The van der Waals surface area contributed by atoms with Gasteiger partial charge in [0.15, 0.2) is 0 Å². The number of anilines is 1. The van der Waals surface area contributed by atoms with Crippen molar-refractivity contribution in [1.82, 2.24) is 0 Å². The lowest BCUT2D eigenvalue weighted by Gasteiger charge is -2.17. The second kappa shape index (κ2) is 5.97. The maximum atomic E-state index is 13.1. The zero-order chi connectivity index (χ0) is 14.6. The topological polar surface area (TPSA) is 47.6 Å². The first kappa shape index (κ1) is 14.4. The van der Waals surface area contributed by atoms with Crippen LogP contribution in [-0.4, -0.2) is 13.8 Å². The van der Waals surface area contributed by atoms with Crippen molar-refractivity contribution in [3.05, 3.63) is 54.3 Å². The Morgan fingerprint density at radius 1 is 1.10 bits per heavy atom. The number of hydrogen-bond donors (Lipinski definition) is 1. The van der Waals surface area contributed by atoms with Crippen LogP contribution in [-0.2, 0) is 4.57 Å². The van der Waals surface area contributed by atoms with Crippen molar-refractivity contribution < 1.29 is 18.2 Å². The molecule has 106 valence electrons. The summed E-state index contributed by atoms with van der Waals surface area (Å²) in [6.45, 7) is 1.43. The summed E-state index contributed by atoms with van der Waals surface area (Å²) in [5.74, 6) is 0.723. The Morgan fingerprint density at radius 3 is 2.35 bits per heavy atom. The monoisotopic (exact) mass is 295 g/mol. The Kier molecular flexibility index (Phi) is 4.30. The standard InChI is InChI=1S/C14H15FNO3P/c1-18-13-6-8-14(9-7-13)19-20(2,17)16-12-5-3-4-11(15)10-12/h3-10H,1-2H3,(H,16,17). The molecule has 0 fully saturated rings. The average Bonchev–Trinajstić information content (AvgIpc) is 2.38. The van der Waals surface area contributed by atoms with Crippen molar-refractivity contribution in [2.45, 2.75) is 0 Å². The molecule has 0 heterocycles. The van der Waals surface area contributed by atoms with E-state index in [1.54, 1.807) is 37.4 Å². The van der Waals surface area contributed by atoms with E-state index < -0.39 is 13.3 Å². The summed E-state index contributed by atoms with van der Waals surface area (Å²) in [6.07, 6.45) is 0. The molecule has 6 heteroatoms. The van der Waals surface area contributed by atoms with Crippen LogP contribution in [0.25, 0.3) is 0 Å². The van der Waals surface area contributed by atoms with Crippen molar-refractivity contribution in [3.63, 3.8) is 0 Å². The molecule has 2 rings (SSSR count). The Bertz CT molecular complexity index is 631. The molecule has 0 aromatic heterocycles. The molecular formula is C14H15FNO3P. The first-order valence-corrected chi connectivity index (χ1v) is 8.01. The number of hydrogen-bond acceptors (Lipinski definition) is 3. The highest BCUT2D eigenvalue weighted by Gasteiger charge is 2.17. The summed E-state index contributed by atoms with van der Waals surface area (Å²) < 4.78 is 35.8. The molecular weight excluding hydrogens is 280 g/mol. The predicted molar refractivity (Wildman–Crippen MR) is 77.2 cm³/mol. The zero-order valence-corrected chi connectivity index (χ0v) is 12.1. The minimum absolute atomic E-state index is 0.403. The fourth-order valence-electron chi connectivity index (χ4n) is 1.65. The number of ether oxygens (including phenoxy) is 1. The van der Waals surface area contributed by atoms with Gasteiger partial charge in [-0.05, 0) is 42.5 Å². The molecule has 1 atom stereocenters. The molecule has 4 nitrogen and oxygen atoms in total. The first-order valence-electron chi connectivity index (χ1n) is 5.93. The van der Waals surface area contributed by atoms with E-state index in [0.717, 1.165) is 0 Å². The van der Waals surface area contributed by atoms with Gasteiger partial charge >= 0.3 is 7.52 Å². The molecule has 0 spiro atoms. The highest BCUT2D eigenvalue weighted by Crippen LogP contribution is 2.43. The van der Waals surface area contributed by atoms with Crippen LogP contribution in [0.1, 0.15) is 0 Å². The number of benzene rings is 2. The van der Waals surface area contributed by atoms with Gasteiger partial charge in [0.05, 0.1) is 7.11 Å². The van der Waals surface area contributed by atoms with Gasteiger partial charge in [-0.3, -0.25) is 4.57 Å². The van der Waals surface area contributed by atoms with E-state index in [2.05, 4.69) is 5.09 Å². The van der Waals surface area contributed by atoms with Gasteiger partial charge in [-0.1, -0.05) is 6.07 Å². The first-order chi connectivity index (χ1) is 9.48. The predicted octanol–water partition coefficient (Wildman–Crippen LogP) is 4.15. The maximum absolute atomic E-state index is 13.1. The van der Waals surface area contributed by atoms with Crippen LogP contribution in [0.4, 0.5) is 10.1 Å². The minimum Gasteiger partial charge on any atom is -0.497 e. The number of rotatable bonds is 5. The lowest BCUT2D eigenvalue weighted by atomic mass is 10.3. The highest BCUT2D eigenvalue weighted by atomic mass is 31.2. The lowest BCUT2D eigenvalue weighted by molar-refractivity contribution is 0.413. The van der Waals surface area contributed by atoms with Gasteiger partial charge in [0.1, 0.15) is 17.3 Å². The van der Waals surface area contributed by atoms with Crippen LogP contribution in [0.15, 0.2) is 48.5 Å². The van der Waals surface area contributed by atoms with Gasteiger partial charge in [-0.25, -0.2) is 4.39 Å². The summed E-state index contributed by atoms with van der Waals surface area (Å²) in [5.41, 5.74) is 0.407. The van der Waals surface area contributed by atoms with Gasteiger partial charge in [-0.2, -0.15) is 0 Å². The number of nitrogens with one attached hydrogen (secondary N) is 1. The lowest BCUT2D eigenvalue weighted by Crippen LogP contribution is -2.02. The number of methoxy groups -OCH3 is 1. The molecule has 1 unspecified atom stereocenters.